The quantitative estimate of drug-likeness (QED) is 0.493. The number of hydrogen-bond donors (Lipinski definition) is 3. The highest BCUT2D eigenvalue weighted by Crippen LogP contribution is 2.03. The van der Waals surface area contributed by atoms with Gasteiger partial charge in [-0.1, -0.05) is 6.92 Å². The molecule has 12 heavy (non-hydrogen) atoms. The molecule has 0 aromatic heterocycles. The summed E-state index contributed by atoms with van der Waals surface area (Å²) in [4.78, 5) is 21.3. The molecule has 0 saturated carbocycles. The SMILES string of the molecule is C[C@H](CC(=O)[C@@H](N)CN)C(=O)O. The van der Waals surface area contributed by atoms with Crippen LogP contribution in [-0.4, -0.2) is 29.4 Å². The molecule has 0 heterocycles. The standard InChI is InChI=1S/C7H14N2O3/c1-4(7(11)12)2-6(10)5(9)3-8/h4-5H,2-3,8-9H2,1H3,(H,11,12)/t4-,5+/m1/s1. The fourth-order valence-corrected chi connectivity index (χ4v) is 0.672. The van der Waals surface area contributed by atoms with Crippen molar-refractivity contribution in [2.75, 3.05) is 6.54 Å². The Morgan fingerprint density at radius 3 is 2.33 bits per heavy atom. The first-order chi connectivity index (χ1) is 5.49. The van der Waals surface area contributed by atoms with Gasteiger partial charge in [-0.3, -0.25) is 9.59 Å². The molecule has 0 amide bonds. The summed E-state index contributed by atoms with van der Waals surface area (Å²) >= 11 is 0. The highest BCUT2D eigenvalue weighted by Gasteiger charge is 2.19. The second-order valence-corrected chi connectivity index (χ2v) is 2.75. The van der Waals surface area contributed by atoms with Crippen molar-refractivity contribution in [3.8, 4) is 0 Å². The van der Waals surface area contributed by atoms with E-state index < -0.39 is 17.9 Å². The summed E-state index contributed by atoms with van der Waals surface area (Å²) in [6.07, 6.45) is -0.0479. The van der Waals surface area contributed by atoms with Crippen LogP contribution in [0.15, 0.2) is 0 Å². The van der Waals surface area contributed by atoms with Crippen LogP contribution in [0.25, 0.3) is 0 Å². The predicted octanol–water partition coefficient (Wildman–Crippen LogP) is -1.05. The number of hydrogen-bond acceptors (Lipinski definition) is 4. The first-order valence-corrected chi connectivity index (χ1v) is 3.70. The molecule has 0 fully saturated rings. The van der Waals surface area contributed by atoms with Gasteiger partial charge in [-0.15, -0.1) is 0 Å². The molecule has 5 nitrogen and oxygen atoms in total. The van der Waals surface area contributed by atoms with Gasteiger partial charge in [0.2, 0.25) is 0 Å². The molecule has 5 heteroatoms. The maximum atomic E-state index is 11.0. The molecular formula is C7H14N2O3. The minimum atomic E-state index is -0.993. The number of Topliss-reactive ketones (excluding diaryl/α,β-unsaturated/α-hetero) is 1. The molecule has 0 aliphatic carbocycles. The molecule has 0 bridgehead atoms. The average molecular weight is 174 g/mol. The van der Waals surface area contributed by atoms with Gasteiger partial charge in [0.15, 0.2) is 5.78 Å². The van der Waals surface area contributed by atoms with E-state index in [0.717, 1.165) is 0 Å². The number of rotatable bonds is 5. The van der Waals surface area contributed by atoms with Gasteiger partial charge in [0, 0.05) is 13.0 Å². The molecule has 0 aliphatic heterocycles. The molecule has 0 aliphatic rings. The molecule has 0 unspecified atom stereocenters. The van der Waals surface area contributed by atoms with Gasteiger partial charge in [-0.05, 0) is 0 Å². The predicted molar refractivity (Wildman–Crippen MR) is 43.5 cm³/mol. The summed E-state index contributed by atoms with van der Waals surface area (Å²) in [5, 5.41) is 8.46. The lowest BCUT2D eigenvalue weighted by atomic mass is 10.0. The van der Waals surface area contributed by atoms with Crippen molar-refractivity contribution in [2.24, 2.45) is 17.4 Å². The average Bonchev–Trinajstić information content (AvgIpc) is 2.02. The summed E-state index contributed by atoms with van der Waals surface area (Å²) in [5.74, 6) is -1.98. The topological polar surface area (TPSA) is 106 Å². The van der Waals surface area contributed by atoms with Crippen molar-refractivity contribution in [1.82, 2.24) is 0 Å². The van der Waals surface area contributed by atoms with Crippen LogP contribution in [0.3, 0.4) is 0 Å². The first-order valence-electron chi connectivity index (χ1n) is 3.70. The Morgan fingerprint density at radius 1 is 1.50 bits per heavy atom. The minimum absolute atomic E-state index is 0.0479. The van der Waals surface area contributed by atoms with E-state index in [-0.39, 0.29) is 18.7 Å². The number of carboxylic acid groups (broad SMARTS) is 1. The minimum Gasteiger partial charge on any atom is -0.481 e. The molecule has 0 aromatic carbocycles. The Morgan fingerprint density at radius 2 is 2.00 bits per heavy atom. The molecule has 5 N–H and O–H groups in total. The lowest BCUT2D eigenvalue weighted by Crippen LogP contribution is -2.39. The maximum Gasteiger partial charge on any atom is 0.306 e. The molecule has 2 atom stereocenters. The monoisotopic (exact) mass is 174 g/mol. The van der Waals surface area contributed by atoms with E-state index in [0.29, 0.717) is 0 Å². The summed E-state index contributed by atoms with van der Waals surface area (Å²) in [7, 11) is 0. The lowest BCUT2D eigenvalue weighted by molar-refractivity contribution is -0.143. The van der Waals surface area contributed by atoms with Crippen molar-refractivity contribution in [3.63, 3.8) is 0 Å². The van der Waals surface area contributed by atoms with Gasteiger partial charge in [-0.2, -0.15) is 0 Å². The van der Waals surface area contributed by atoms with Gasteiger partial charge in [0.05, 0.1) is 12.0 Å². The zero-order valence-electron chi connectivity index (χ0n) is 6.99. The smallest absolute Gasteiger partial charge is 0.306 e. The second kappa shape index (κ2) is 4.84. The van der Waals surface area contributed by atoms with Crippen LogP contribution in [0.4, 0.5) is 0 Å². The molecular weight excluding hydrogens is 160 g/mol. The van der Waals surface area contributed by atoms with Crippen molar-refractivity contribution in [3.05, 3.63) is 0 Å². The van der Waals surface area contributed by atoms with E-state index in [1.807, 2.05) is 0 Å². The second-order valence-electron chi connectivity index (χ2n) is 2.75. The third-order valence-corrected chi connectivity index (χ3v) is 1.60. The van der Waals surface area contributed by atoms with Crippen LogP contribution in [0.5, 0.6) is 0 Å². The highest BCUT2D eigenvalue weighted by molar-refractivity contribution is 5.87. The fraction of sp³-hybridized carbons (Fsp3) is 0.714. The van der Waals surface area contributed by atoms with Crippen molar-refractivity contribution in [1.29, 1.82) is 0 Å². The van der Waals surface area contributed by atoms with Crippen molar-refractivity contribution >= 4 is 11.8 Å². The largest absolute Gasteiger partial charge is 0.481 e. The van der Waals surface area contributed by atoms with Gasteiger partial charge in [-0.25, -0.2) is 0 Å². The van der Waals surface area contributed by atoms with Crippen LogP contribution in [0, 0.1) is 5.92 Å². The number of carbonyl (C=O) groups is 2. The molecule has 0 saturated heterocycles. The molecule has 0 spiro atoms. The van der Waals surface area contributed by atoms with Crippen molar-refractivity contribution in [2.45, 2.75) is 19.4 Å². The van der Waals surface area contributed by atoms with Crippen LogP contribution in [-0.2, 0) is 9.59 Å². The number of aliphatic carboxylic acids is 1. The van der Waals surface area contributed by atoms with Crippen molar-refractivity contribution < 1.29 is 14.7 Å². The number of nitrogens with two attached hydrogens (primary N) is 2. The summed E-state index contributed by atoms with van der Waals surface area (Å²) < 4.78 is 0. The first kappa shape index (κ1) is 11.1. The van der Waals surface area contributed by atoms with Crippen LogP contribution in [0.2, 0.25) is 0 Å². The molecule has 0 aromatic rings. The van der Waals surface area contributed by atoms with Gasteiger partial charge in [0.1, 0.15) is 0 Å². The van der Waals surface area contributed by atoms with Crippen LogP contribution in [0.1, 0.15) is 13.3 Å². The molecule has 70 valence electrons. The lowest BCUT2D eigenvalue weighted by Gasteiger charge is -2.09. The normalized spacial score (nSPS) is 15.2. The van der Waals surface area contributed by atoms with Crippen LogP contribution < -0.4 is 11.5 Å². The van der Waals surface area contributed by atoms with Gasteiger partial charge < -0.3 is 16.6 Å². The zero-order valence-corrected chi connectivity index (χ0v) is 6.99. The fourth-order valence-electron chi connectivity index (χ4n) is 0.672. The van der Waals surface area contributed by atoms with Gasteiger partial charge >= 0.3 is 5.97 Å². The Balaban J connectivity index is 3.92. The van der Waals surface area contributed by atoms with E-state index >= 15 is 0 Å². The highest BCUT2D eigenvalue weighted by atomic mass is 16.4. The van der Waals surface area contributed by atoms with E-state index in [2.05, 4.69) is 0 Å². The van der Waals surface area contributed by atoms with E-state index in [1.165, 1.54) is 6.92 Å². The third-order valence-electron chi connectivity index (χ3n) is 1.60. The summed E-state index contributed by atoms with van der Waals surface area (Å²) in [5.41, 5.74) is 10.4. The number of carbonyl (C=O) groups excluding carboxylic acids is 1. The van der Waals surface area contributed by atoms with Crippen LogP contribution >= 0.6 is 0 Å². The Hall–Kier alpha value is -0.940. The Bertz CT molecular complexity index is 181. The summed E-state index contributed by atoms with van der Waals surface area (Å²) in [6.45, 7) is 1.52. The zero-order chi connectivity index (χ0) is 9.72. The van der Waals surface area contributed by atoms with E-state index in [4.69, 9.17) is 16.6 Å². The number of ketones is 1. The van der Waals surface area contributed by atoms with Gasteiger partial charge in [0.25, 0.3) is 0 Å². The third kappa shape index (κ3) is 3.45. The summed E-state index contributed by atoms with van der Waals surface area (Å²) in [6, 6.07) is -0.730. The van der Waals surface area contributed by atoms with E-state index in [9.17, 15) is 9.59 Å². The Labute approximate surface area is 70.7 Å². The number of carboxylic acids is 1. The van der Waals surface area contributed by atoms with E-state index in [1.54, 1.807) is 0 Å². The molecule has 0 rings (SSSR count). The molecule has 0 radical (unpaired) electrons. The maximum absolute atomic E-state index is 11.0. The Kier molecular flexibility index (Phi) is 4.46.